The number of hydrogen-bond donors (Lipinski definition) is 1. The Morgan fingerprint density at radius 1 is 1.37 bits per heavy atom. The lowest BCUT2D eigenvalue weighted by Gasteiger charge is -2.08. The molecule has 0 fully saturated rings. The zero-order chi connectivity index (χ0) is 14.0. The van der Waals surface area contributed by atoms with Crippen molar-refractivity contribution in [2.45, 2.75) is 11.8 Å². The van der Waals surface area contributed by atoms with Crippen LogP contribution >= 0.6 is 0 Å². The number of sulfonamides is 1. The summed E-state index contributed by atoms with van der Waals surface area (Å²) in [5, 5.41) is 12.8. The topological polar surface area (TPSA) is 87.8 Å². The SMILES string of the molecule is Cc1ccccc1S(=O)(=O)Nc1nn(C)cc1C#N. The van der Waals surface area contributed by atoms with Crippen LogP contribution in [0, 0.1) is 18.3 Å². The van der Waals surface area contributed by atoms with Gasteiger partial charge < -0.3 is 0 Å². The highest BCUT2D eigenvalue weighted by molar-refractivity contribution is 7.92. The van der Waals surface area contributed by atoms with Gasteiger partial charge in [0, 0.05) is 13.2 Å². The largest absolute Gasteiger partial charge is 0.272 e. The lowest BCUT2D eigenvalue weighted by molar-refractivity contribution is 0.600. The van der Waals surface area contributed by atoms with Gasteiger partial charge in [-0.05, 0) is 18.6 Å². The highest BCUT2D eigenvalue weighted by atomic mass is 32.2. The van der Waals surface area contributed by atoms with E-state index in [1.807, 2.05) is 6.07 Å². The summed E-state index contributed by atoms with van der Waals surface area (Å²) in [6, 6.07) is 8.51. The van der Waals surface area contributed by atoms with Crippen LogP contribution in [0.4, 0.5) is 5.82 Å². The Hall–Kier alpha value is -2.33. The van der Waals surface area contributed by atoms with E-state index in [0.29, 0.717) is 5.56 Å². The van der Waals surface area contributed by atoms with Gasteiger partial charge in [0.15, 0.2) is 5.82 Å². The number of rotatable bonds is 3. The van der Waals surface area contributed by atoms with E-state index in [1.54, 1.807) is 32.2 Å². The molecule has 0 bridgehead atoms. The Balaban J connectivity index is 2.43. The third-order valence-electron chi connectivity index (χ3n) is 2.56. The molecule has 0 unspecified atom stereocenters. The molecule has 0 radical (unpaired) electrons. The summed E-state index contributed by atoms with van der Waals surface area (Å²) in [7, 11) is -2.12. The molecule has 98 valence electrons. The first-order chi connectivity index (χ1) is 8.94. The van der Waals surface area contributed by atoms with E-state index >= 15 is 0 Å². The van der Waals surface area contributed by atoms with Gasteiger partial charge in [-0.25, -0.2) is 8.42 Å². The summed E-state index contributed by atoms with van der Waals surface area (Å²) >= 11 is 0. The molecule has 2 rings (SSSR count). The first-order valence-electron chi connectivity index (χ1n) is 5.46. The van der Waals surface area contributed by atoms with Crippen LogP contribution in [0.25, 0.3) is 0 Å². The molecule has 19 heavy (non-hydrogen) atoms. The number of nitrogens with one attached hydrogen (secondary N) is 1. The lowest BCUT2D eigenvalue weighted by Crippen LogP contribution is -2.15. The molecule has 0 saturated carbocycles. The molecule has 1 heterocycles. The van der Waals surface area contributed by atoms with Gasteiger partial charge in [0.05, 0.1) is 4.90 Å². The molecule has 0 aliphatic carbocycles. The van der Waals surface area contributed by atoms with E-state index in [2.05, 4.69) is 9.82 Å². The van der Waals surface area contributed by atoms with E-state index in [0.717, 1.165) is 0 Å². The average Bonchev–Trinajstić information content (AvgIpc) is 2.69. The summed E-state index contributed by atoms with van der Waals surface area (Å²) in [5.41, 5.74) is 0.809. The first-order valence-corrected chi connectivity index (χ1v) is 6.94. The number of nitrogens with zero attached hydrogens (tertiary/aromatic N) is 3. The molecule has 2 aromatic rings. The van der Waals surface area contributed by atoms with E-state index in [1.165, 1.54) is 16.9 Å². The van der Waals surface area contributed by atoms with Crippen LogP contribution in [-0.4, -0.2) is 18.2 Å². The van der Waals surface area contributed by atoms with Crippen molar-refractivity contribution in [3.05, 3.63) is 41.6 Å². The maximum Gasteiger partial charge on any atom is 0.263 e. The second kappa shape index (κ2) is 4.74. The summed E-state index contributed by atoms with van der Waals surface area (Å²) in [6.07, 6.45) is 1.45. The van der Waals surface area contributed by atoms with Crippen LogP contribution in [-0.2, 0) is 17.1 Å². The monoisotopic (exact) mass is 276 g/mol. The van der Waals surface area contributed by atoms with Crippen molar-refractivity contribution in [2.24, 2.45) is 7.05 Å². The molecule has 1 aromatic heterocycles. The highest BCUT2D eigenvalue weighted by Gasteiger charge is 2.19. The van der Waals surface area contributed by atoms with Gasteiger partial charge in [-0.1, -0.05) is 18.2 Å². The quantitative estimate of drug-likeness (QED) is 0.917. The minimum absolute atomic E-state index is 0.0354. The minimum atomic E-state index is -3.74. The Bertz CT molecular complexity index is 756. The van der Waals surface area contributed by atoms with E-state index in [4.69, 9.17) is 5.26 Å². The van der Waals surface area contributed by atoms with E-state index < -0.39 is 10.0 Å². The highest BCUT2D eigenvalue weighted by Crippen LogP contribution is 2.20. The number of aromatic nitrogens is 2. The molecule has 1 aromatic carbocycles. The van der Waals surface area contributed by atoms with Crippen molar-refractivity contribution in [3.63, 3.8) is 0 Å². The van der Waals surface area contributed by atoms with Crippen LogP contribution in [0.15, 0.2) is 35.4 Å². The summed E-state index contributed by atoms with van der Waals surface area (Å²) in [6.45, 7) is 1.71. The second-order valence-corrected chi connectivity index (χ2v) is 5.70. The Morgan fingerprint density at radius 3 is 2.68 bits per heavy atom. The fourth-order valence-corrected chi connectivity index (χ4v) is 2.95. The normalized spacial score (nSPS) is 11.0. The summed E-state index contributed by atoms with van der Waals surface area (Å²) in [4.78, 5) is 0.171. The smallest absolute Gasteiger partial charge is 0.263 e. The third kappa shape index (κ3) is 2.58. The first kappa shape index (κ1) is 13.1. The number of aryl methyl sites for hydroxylation is 2. The van der Waals surface area contributed by atoms with Crippen LogP contribution in [0.5, 0.6) is 0 Å². The van der Waals surface area contributed by atoms with E-state index in [-0.39, 0.29) is 16.3 Å². The van der Waals surface area contributed by atoms with Gasteiger partial charge in [0.1, 0.15) is 11.6 Å². The molecule has 0 saturated heterocycles. The molecule has 6 nitrogen and oxygen atoms in total. The molecule has 0 atom stereocenters. The van der Waals surface area contributed by atoms with Crippen molar-refractivity contribution < 1.29 is 8.42 Å². The van der Waals surface area contributed by atoms with Crippen molar-refractivity contribution in [3.8, 4) is 6.07 Å². The molecule has 1 N–H and O–H groups in total. The summed E-state index contributed by atoms with van der Waals surface area (Å²) in [5.74, 6) is 0.0354. The fraction of sp³-hybridized carbons (Fsp3) is 0.167. The zero-order valence-electron chi connectivity index (χ0n) is 10.5. The van der Waals surface area contributed by atoms with Crippen LogP contribution in [0.3, 0.4) is 0 Å². The van der Waals surface area contributed by atoms with E-state index in [9.17, 15) is 8.42 Å². The fourth-order valence-electron chi connectivity index (χ4n) is 1.69. The number of hydrogen-bond acceptors (Lipinski definition) is 4. The standard InChI is InChI=1S/C12H12N4O2S/c1-9-5-3-4-6-11(9)19(17,18)15-12-10(7-13)8-16(2)14-12/h3-6,8H,1-2H3,(H,14,15). The molecule has 0 spiro atoms. The van der Waals surface area contributed by atoms with Crippen molar-refractivity contribution in [1.29, 1.82) is 5.26 Å². The number of benzene rings is 1. The van der Waals surface area contributed by atoms with Gasteiger partial charge >= 0.3 is 0 Å². The Labute approximate surface area is 111 Å². The minimum Gasteiger partial charge on any atom is -0.272 e. The van der Waals surface area contributed by atoms with Gasteiger partial charge in [-0.2, -0.15) is 10.4 Å². The van der Waals surface area contributed by atoms with Gasteiger partial charge in [-0.15, -0.1) is 0 Å². The Morgan fingerprint density at radius 2 is 2.05 bits per heavy atom. The predicted octanol–water partition coefficient (Wildman–Crippen LogP) is 1.40. The maximum absolute atomic E-state index is 12.2. The van der Waals surface area contributed by atoms with Gasteiger partial charge in [0.25, 0.3) is 10.0 Å². The van der Waals surface area contributed by atoms with Crippen molar-refractivity contribution in [1.82, 2.24) is 9.78 Å². The zero-order valence-corrected chi connectivity index (χ0v) is 11.3. The van der Waals surface area contributed by atoms with Gasteiger partial charge in [-0.3, -0.25) is 9.40 Å². The van der Waals surface area contributed by atoms with Crippen LogP contribution in [0.1, 0.15) is 11.1 Å². The predicted molar refractivity (Wildman–Crippen MR) is 69.9 cm³/mol. The van der Waals surface area contributed by atoms with Crippen LogP contribution < -0.4 is 4.72 Å². The molecule has 7 heteroatoms. The van der Waals surface area contributed by atoms with Gasteiger partial charge in [0.2, 0.25) is 0 Å². The molecule has 0 amide bonds. The van der Waals surface area contributed by atoms with Crippen molar-refractivity contribution >= 4 is 15.8 Å². The molecular weight excluding hydrogens is 264 g/mol. The third-order valence-corrected chi connectivity index (χ3v) is 4.06. The lowest BCUT2D eigenvalue weighted by atomic mass is 10.2. The Kier molecular flexibility index (Phi) is 3.27. The van der Waals surface area contributed by atoms with Crippen molar-refractivity contribution in [2.75, 3.05) is 4.72 Å². The maximum atomic E-state index is 12.2. The number of anilines is 1. The second-order valence-electron chi connectivity index (χ2n) is 4.05. The molecular formula is C12H12N4O2S. The molecule has 0 aliphatic heterocycles. The number of nitriles is 1. The average molecular weight is 276 g/mol. The van der Waals surface area contributed by atoms with Crippen LogP contribution in [0.2, 0.25) is 0 Å². The summed E-state index contributed by atoms with van der Waals surface area (Å²) < 4.78 is 28.2. The molecule has 0 aliphatic rings.